The van der Waals surface area contributed by atoms with Crippen LogP contribution in [0.15, 0.2) is 212 Å². The maximum Gasteiger partial charge on any atom is 0.238 e. The molecule has 0 atom stereocenters. The molecule has 0 unspecified atom stereocenters. The van der Waals surface area contributed by atoms with Gasteiger partial charge in [-0.25, -0.2) is 15.0 Å². The number of hydrogen-bond acceptors (Lipinski definition) is 5. The fraction of sp³-hybridized carbons (Fsp3) is 0. The van der Waals surface area contributed by atoms with Gasteiger partial charge in [0, 0.05) is 55.0 Å². The predicted molar refractivity (Wildman–Crippen MR) is 251 cm³/mol. The maximum absolute atomic E-state index is 5.17. The maximum atomic E-state index is 5.17. The van der Waals surface area contributed by atoms with Crippen LogP contribution in [0.25, 0.3) is 112 Å². The van der Waals surface area contributed by atoms with Crippen LogP contribution in [0.4, 0.5) is 0 Å². The molecular weight excluding hydrogens is 759 g/mol. The van der Waals surface area contributed by atoms with E-state index in [-0.39, 0.29) is 0 Å². The molecule has 8 aromatic carbocycles. The first kappa shape index (κ1) is 35.4. The van der Waals surface area contributed by atoms with Crippen LogP contribution >= 0.6 is 0 Å². The quantitative estimate of drug-likeness (QED) is 0.161. The first-order chi connectivity index (χ1) is 30.7. The Balaban J connectivity index is 1.04. The van der Waals surface area contributed by atoms with Gasteiger partial charge in [-0.1, -0.05) is 170 Å². The molecule has 7 nitrogen and oxygen atoms in total. The zero-order chi connectivity index (χ0) is 41.0. The number of nitrogens with zero attached hydrogens (tertiary/aromatic N) is 7. The summed E-state index contributed by atoms with van der Waals surface area (Å²) in [6.07, 6.45) is 0. The van der Waals surface area contributed by atoms with Crippen molar-refractivity contribution in [2.24, 2.45) is 0 Å². The lowest BCUT2D eigenvalue weighted by Gasteiger charge is -2.12. The second kappa shape index (κ2) is 14.6. The summed E-state index contributed by atoms with van der Waals surface area (Å²) in [6.45, 7) is 0. The van der Waals surface area contributed by atoms with Gasteiger partial charge in [0.1, 0.15) is 0 Å². The SMILES string of the molecule is c1ccc(-c2cc(-c3ccc(-n4c5ccccc5c5cc6c(cc54)c4ccccc4n6-c4nc(-c5ccccc5)nc(-c5ccccc5)n4)cc3)nc(-c3ccccc3)n2)cc1. The van der Waals surface area contributed by atoms with Crippen molar-refractivity contribution in [3.05, 3.63) is 212 Å². The topological polar surface area (TPSA) is 74.3 Å². The van der Waals surface area contributed by atoms with Gasteiger partial charge < -0.3 is 4.57 Å². The Morgan fingerprint density at radius 2 is 0.645 bits per heavy atom. The summed E-state index contributed by atoms with van der Waals surface area (Å²) < 4.78 is 4.56. The monoisotopic (exact) mass is 793 g/mol. The summed E-state index contributed by atoms with van der Waals surface area (Å²) in [4.78, 5) is 25.4. The highest BCUT2D eigenvalue weighted by molar-refractivity contribution is 6.19. The van der Waals surface area contributed by atoms with Gasteiger partial charge in [-0.15, -0.1) is 0 Å². The highest BCUT2D eigenvalue weighted by atomic mass is 15.2. The second-order valence-electron chi connectivity index (χ2n) is 15.3. The normalized spacial score (nSPS) is 11.5. The zero-order valence-electron chi connectivity index (χ0n) is 33.3. The fourth-order valence-electron chi connectivity index (χ4n) is 8.67. The molecule has 290 valence electrons. The van der Waals surface area contributed by atoms with Crippen LogP contribution in [-0.4, -0.2) is 34.1 Å². The molecule has 0 amide bonds. The molecule has 0 aliphatic rings. The Kier molecular flexibility index (Phi) is 8.35. The van der Waals surface area contributed by atoms with Gasteiger partial charge in [-0.3, -0.25) is 4.57 Å². The highest BCUT2D eigenvalue weighted by Gasteiger charge is 2.21. The van der Waals surface area contributed by atoms with Gasteiger partial charge in [-0.2, -0.15) is 9.97 Å². The van der Waals surface area contributed by atoms with E-state index < -0.39 is 0 Å². The first-order valence-corrected chi connectivity index (χ1v) is 20.7. The molecule has 0 saturated heterocycles. The summed E-state index contributed by atoms with van der Waals surface area (Å²) in [5.74, 6) is 2.51. The van der Waals surface area contributed by atoms with Crippen molar-refractivity contribution in [3.63, 3.8) is 0 Å². The van der Waals surface area contributed by atoms with Crippen molar-refractivity contribution < 1.29 is 0 Å². The van der Waals surface area contributed by atoms with Crippen LogP contribution in [0, 0.1) is 0 Å². The predicted octanol–water partition coefficient (Wildman–Crippen LogP) is 13.2. The van der Waals surface area contributed by atoms with E-state index in [1.54, 1.807) is 0 Å². The largest absolute Gasteiger partial charge is 0.309 e. The van der Waals surface area contributed by atoms with E-state index in [0.29, 0.717) is 23.4 Å². The Morgan fingerprint density at radius 1 is 0.258 bits per heavy atom. The Hall–Kier alpha value is -8.55. The van der Waals surface area contributed by atoms with Gasteiger partial charge in [0.2, 0.25) is 5.95 Å². The number of benzene rings is 8. The lowest BCUT2D eigenvalue weighted by molar-refractivity contribution is 0.954. The van der Waals surface area contributed by atoms with Crippen LogP contribution in [0.2, 0.25) is 0 Å². The van der Waals surface area contributed by atoms with Crippen molar-refractivity contribution in [2.75, 3.05) is 0 Å². The molecule has 7 heteroatoms. The first-order valence-electron chi connectivity index (χ1n) is 20.7. The molecule has 4 heterocycles. The lowest BCUT2D eigenvalue weighted by atomic mass is 10.1. The average molecular weight is 794 g/mol. The number of hydrogen-bond donors (Lipinski definition) is 0. The van der Waals surface area contributed by atoms with Gasteiger partial charge >= 0.3 is 0 Å². The molecule has 0 aliphatic heterocycles. The molecule has 4 aromatic heterocycles. The molecule has 0 N–H and O–H groups in total. The summed E-state index contributed by atoms with van der Waals surface area (Å²) in [5, 5.41) is 4.52. The highest BCUT2D eigenvalue weighted by Crippen LogP contribution is 2.40. The van der Waals surface area contributed by atoms with E-state index in [0.717, 1.165) is 88.5 Å². The van der Waals surface area contributed by atoms with E-state index >= 15 is 0 Å². The van der Waals surface area contributed by atoms with E-state index in [9.17, 15) is 0 Å². The van der Waals surface area contributed by atoms with Gasteiger partial charge in [0.05, 0.1) is 33.5 Å². The molecule has 0 fully saturated rings. The average Bonchev–Trinajstić information content (AvgIpc) is 3.86. The van der Waals surface area contributed by atoms with Crippen molar-refractivity contribution in [1.29, 1.82) is 0 Å². The van der Waals surface area contributed by atoms with Gasteiger partial charge in [-0.05, 0) is 42.5 Å². The number of para-hydroxylation sites is 2. The van der Waals surface area contributed by atoms with Crippen molar-refractivity contribution in [1.82, 2.24) is 34.1 Å². The number of fused-ring (bicyclic) bond motifs is 6. The zero-order valence-corrected chi connectivity index (χ0v) is 33.3. The smallest absolute Gasteiger partial charge is 0.238 e. The van der Waals surface area contributed by atoms with E-state index in [1.165, 1.54) is 0 Å². The third-order valence-electron chi connectivity index (χ3n) is 11.6. The molecule has 12 aromatic rings. The lowest BCUT2D eigenvalue weighted by Crippen LogP contribution is -2.06. The minimum atomic E-state index is 0.568. The molecule has 62 heavy (non-hydrogen) atoms. The minimum Gasteiger partial charge on any atom is -0.309 e. The van der Waals surface area contributed by atoms with E-state index in [2.05, 4.69) is 124 Å². The third kappa shape index (κ3) is 6.02. The Bertz CT molecular complexity index is 3480. The molecule has 12 rings (SSSR count). The van der Waals surface area contributed by atoms with Crippen LogP contribution in [-0.2, 0) is 0 Å². The molecule has 0 aliphatic carbocycles. The molecule has 0 spiro atoms. The summed E-state index contributed by atoms with van der Waals surface area (Å²) >= 11 is 0. The standard InChI is InChI=1S/C55H35N7/c1-5-17-36(18-6-1)46-35-47(57-52(56-46)38-19-7-2-8-20-38)37-29-31-41(32-30-37)61-48-27-15-13-25-42(48)44-34-51-45(33-50(44)61)43-26-14-16-28-49(43)62(51)55-59-53(39-21-9-3-10-22-39)58-54(60-55)40-23-11-4-12-24-40/h1-35H. The van der Waals surface area contributed by atoms with Crippen LogP contribution in [0.3, 0.4) is 0 Å². The Labute approximate surface area is 356 Å². The van der Waals surface area contributed by atoms with Crippen molar-refractivity contribution in [3.8, 4) is 68.3 Å². The van der Waals surface area contributed by atoms with Gasteiger partial charge in [0.15, 0.2) is 17.5 Å². The van der Waals surface area contributed by atoms with E-state index in [4.69, 9.17) is 24.9 Å². The van der Waals surface area contributed by atoms with Crippen molar-refractivity contribution >= 4 is 43.6 Å². The molecule has 0 saturated carbocycles. The Morgan fingerprint density at radius 3 is 1.15 bits per heavy atom. The van der Waals surface area contributed by atoms with Gasteiger partial charge in [0.25, 0.3) is 0 Å². The summed E-state index contributed by atoms with van der Waals surface area (Å²) in [6, 6.07) is 73.3. The van der Waals surface area contributed by atoms with Crippen LogP contribution in [0.5, 0.6) is 0 Å². The number of aromatic nitrogens is 7. The molecule has 0 radical (unpaired) electrons. The van der Waals surface area contributed by atoms with Crippen LogP contribution < -0.4 is 0 Å². The summed E-state index contributed by atoms with van der Waals surface area (Å²) in [7, 11) is 0. The fourth-order valence-corrected chi connectivity index (χ4v) is 8.67. The second-order valence-corrected chi connectivity index (χ2v) is 15.3. The molecular formula is C55H35N7. The van der Waals surface area contributed by atoms with Crippen molar-refractivity contribution in [2.45, 2.75) is 0 Å². The number of rotatable bonds is 7. The van der Waals surface area contributed by atoms with Crippen LogP contribution in [0.1, 0.15) is 0 Å². The third-order valence-corrected chi connectivity index (χ3v) is 11.6. The molecule has 0 bridgehead atoms. The summed E-state index contributed by atoms with van der Waals surface area (Å²) in [5.41, 5.74) is 12.0. The minimum absolute atomic E-state index is 0.568. The van der Waals surface area contributed by atoms with E-state index in [1.807, 2.05) is 97.1 Å².